The third kappa shape index (κ3) is 5.58. The van der Waals surface area contributed by atoms with Crippen molar-refractivity contribution >= 4 is 23.3 Å². The molecule has 11 nitrogen and oxygen atoms in total. The number of nitrogens with zero attached hydrogens (tertiary/aromatic N) is 2. The van der Waals surface area contributed by atoms with Gasteiger partial charge in [0.15, 0.2) is 17.3 Å². The number of methoxy groups -OCH3 is 3. The molecule has 0 unspecified atom stereocenters. The van der Waals surface area contributed by atoms with Crippen LogP contribution in [0, 0.1) is 6.92 Å². The van der Waals surface area contributed by atoms with E-state index in [2.05, 4.69) is 21.0 Å². The highest BCUT2D eigenvalue weighted by atomic mass is 16.5. The Morgan fingerprint density at radius 3 is 2.40 bits per heavy atom. The standard InChI is InChI=1S/C29H35N5O6/c1-15-12-25(33-34(15)4)32-29(37)16(2)30-22-11-9-19-20(14-23(22)36)21(31-17(3)35)10-8-18-13-24(38-5)27(39-6)28(40-7)26(18)19/h9,11-14,16,21H,8,10H2,1-7H3,(H,30,36)(H,31,35)(H,32,33,37)/t16-,21-/m0/s1. The molecule has 2 amide bonds. The lowest BCUT2D eigenvalue weighted by atomic mass is 9.95. The number of aromatic nitrogens is 2. The van der Waals surface area contributed by atoms with E-state index in [0.717, 1.165) is 16.8 Å². The highest BCUT2D eigenvalue weighted by Crippen LogP contribution is 2.50. The Kier molecular flexibility index (Phi) is 8.32. The number of fused-ring (bicyclic) bond motifs is 3. The van der Waals surface area contributed by atoms with Crippen LogP contribution in [0.3, 0.4) is 0 Å². The van der Waals surface area contributed by atoms with Gasteiger partial charge in [0.2, 0.25) is 23.0 Å². The number of rotatable bonds is 8. The number of carbonyl (C=O) groups excluding carboxylic acids is 2. The van der Waals surface area contributed by atoms with Gasteiger partial charge in [0.05, 0.1) is 33.1 Å². The lowest BCUT2D eigenvalue weighted by molar-refractivity contribution is -0.119. The summed E-state index contributed by atoms with van der Waals surface area (Å²) < 4.78 is 18.7. The summed E-state index contributed by atoms with van der Waals surface area (Å²) in [5.74, 6) is 1.29. The third-order valence-corrected chi connectivity index (χ3v) is 7.05. The lowest BCUT2D eigenvalue weighted by Gasteiger charge is -2.19. The molecule has 2 atom stereocenters. The summed E-state index contributed by atoms with van der Waals surface area (Å²) in [4.78, 5) is 38.5. The summed E-state index contributed by atoms with van der Waals surface area (Å²) >= 11 is 0. The van der Waals surface area contributed by atoms with Crippen LogP contribution in [0.4, 0.5) is 11.5 Å². The van der Waals surface area contributed by atoms with Gasteiger partial charge in [-0.25, -0.2) is 0 Å². The second-order valence-corrected chi connectivity index (χ2v) is 9.75. The van der Waals surface area contributed by atoms with Gasteiger partial charge in [0.1, 0.15) is 6.04 Å². The molecule has 0 fully saturated rings. The fourth-order valence-corrected chi connectivity index (χ4v) is 4.98. The molecule has 0 saturated carbocycles. The number of amides is 2. The van der Waals surface area contributed by atoms with Gasteiger partial charge in [-0.3, -0.25) is 19.1 Å². The molecule has 1 aliphatic carbocycles. The average molecular weight is 550 g/mol. The zero-order valence-electron chi connectivity index (χ0n) is 23.8. The number of hydrogen-bond acceptors (Lipinski definition) is 8. The molecule has 1 heterocycles. The van der Waals surface area contributed by atoms with Crippen molar-refractivity contribution in [3.8, 4) is 28.4 Å². The molecule has 0 aliphatic heterocycles. The molecular weight excluding hydrogens is 514 g/mol. The van der Waals surface area contributed by atoms with Crippen LogP contribution in [0.25, 0.3) is 11.1 Å². The van der Waals surface area contributed by atoms with Gasteiger partial charge in [0, 0.05) is 31.3 Å². The maximum atomic E-state index is 13.5. The van der Waals surface area contributed by atoms with E-state index in [1.807, 2.05) is 13.0 Å². The van der Waals surface area contributed by atoms with E-state index < -0.39 is 12.1 Å². The molecule has 2 aromatic carbocycles. The normalized spacial score (nSPS) is 14.6. The topological polar surface area (TPSA) is 133 Å². The van der Waals surface area contributed by atoms with Crippen LogP contribution in [0.15, 0.2) is 35.1 Å². The van der Waals surface area contributed by atoms with Crippen LogP contribution >= 0.6 is 0 Å². The van der Waals surface area contributed by atoms with E-state index in [4.69, 9.17) is 14.2 Å². The van der Waals surface area contributed by atoms with Crippen LogP contribution in [0.5, 0.6) is 17.2 Å². The molecule has 11 heteroatoms. The molecule has 0 radical (unpaired) electrons. The van der Waals surface area contributed by atoms with Crippen LogP contribution in [0.1, 0.15) is 43.1 Å². The van der Waals surface area contributed by atoms with Crippen molar-refractivity contribution in [2.75, 3.05) is 32.0 Å². The van der Waals surface area contributed by atoms with E-state index in [0.29, 0.717) is 47.0 Å². The number of anilines is 2. The summed E-state index contributed by atoms with van der Waals surface area (Å²) in [6, 6.07) is 7.45. The number of benzene rings is 1. The summed E-state index contributed by atoms with van der Waals surface area (Å²) in [5.41, 5.74) is 3.82. The van der Waals surface area contributed by atoms with Crippen molar-refractivity contribution in [3.05, 3.63) is 57.4 Å². The SMILES string of the molecule is COc1cc2c(c(OC)c1OC)-c1ccc(N[C@@H](C)C(=O)Nc3cc(C)n(C)n3)c(=O)cc1[C@@H](NC(C)=O)CC2. The number of nitrogens with one attached hydrogen (secondary N) is 3. The highest BCUT2D eigenvalue weighted by molar-refractivity contribution is 5.95. The van der Waals surface area contributed by atoms with Gasteiger partial charge in [-0.05, 0) is 61.6 Å². The molecular formula is C29H35N5O6. The molecule has 40 heavy (non-hydrogen) atoms. The van der Waals surface area contributed by atoms with Gasteiger partial charge >= 0.3 is 0 Å². The fraction of sp³-hybridized carbons (Fsp3) is 0.379. The molecule has 4 rings (SSSR count). The average Bonchev–Trinajstić information content (AvgIpc) is 3.05. The third-order valence-electron chi connectivity index (χ3n) is 7.05. The van der Waals surface area contributed by atoms with E-state index >= 15 is 0 Å². The molecule has 1 aromatic heterocycles. The first-order valence-electron chi connectivity index (χ1n) is 12.9. The molecule has 0 spiro atoms. The van der Waals surface area contributed by atoms with Crippen molar-refractivity contribution in [3.63, 3.8) is 0 Å². The minimum absolute atomic E-state index is 0.212. The first-order chi connectivity index (χ1) is 19.1. The molecule has 0 bridgehead atoms. The van der Waals surface area contributed by atoms with Crippen molar-refractivity contribution in [2.24, 2.45) is 7.05 Å². The van der Waals surface area contributed by atoms with Gasteiger partial charge in [0.25, 0.3) is 0 Å². The summed E-state index contributed by atoms with van der Waals surface area (Å²) in [6.45, 7) is 4.99. The number of hydrogen-bond donors (Lipinski definition) is 3. The monoisotopic (exact) mass is 549 g/mol. The smallest absolute Gasteiger partial charge is 0.247 e. The Labute approximate surface area is 232 Å². The van der Waals surface area contributed by atoms with Crippen LogP contribution in [0.2, 0.25) is 0 Å². The number of carbonyl (C=O) groups is 2. The minimum Gasteiger partial charge on any atom is -0.493 e. The largest absolute Gasteiger partial charge is 0.493 e. The zero-order valence-corrected chi connectivity index (χ0v) is 23.8. The van der Waals surface area contributed by atoms with E-state index in [1.165, 1.54) is 20.1 Å². The van der Waals surface area contributed by atoms with Crippen LogP contribution in [-0.2, 0) is 23.1 Å². The summed E-state index contributed by atoms with van der Waals surface area (Å²) in [6.07, 6.45) is 1.14. The van der Waals surface area contributed by atoms with E-state index in [-0.39, 0.29) is 22.9 Å². The Morgan fingerprint density at radius 2 is 1.80 bits per heavy atom. The molecule has 3 N–H and O–H groups in total. The molecule has 1 aliphatic rings. The highest BCUT2D eigenvalue weighted by Gasteiger charge is 2.29. The minimum atomic E-state index is -0.741. The van der Waals surface area contributed by atoms with E-state index in [1.54, 1.807) is 51.1 Å². The fourth-order valence-electron chi connectivity index (χ4n) is 4.98. The van der Waals surface area contributed by atoms with Crippen LogP contribution in [-0.4, -0.2) is 49.0 Å². The summed E-state index contributed by atoms with van der Waals surface area (Å²) in [7, 11) is 6.43. The lowest BCUT2D eigenvalue weighted by Crippen LogP contribution is -2.33. The van der Waals surface area contributed by atoms with Crippen molar-refractivity contribution in [1.29, 1.82) is 0 Å². The van der Waals surface area contributed by atoms with Crippen LogP contribution < -0.4 is 35.6 Å². The predicted octanol–water partition coefficient (Wildman–Crippen LogP) is 3.34. The second-order valence-electron chi connectivity index (χ2n) is 9.75. The Balaban J connectivity index is 1.80. The Bertz CT molecular complexity index is 1500. The Morgan fingerprint density at radius 1 is 1.07 bits per heavy atom. The van der Waals surface area contributed by atoms with Crippen molar-refractivity contribution in [1.82, 2.24) is 15.1 Å². The van der Waals surface area contributed by atoms with Gasteiger partial charge in [-0.1, -0.05) is 6.07 Å². The maximum Gasteiger partial charge on any atom is 0.247 e. The second kappa shape index (κ2) is 11.7. The Hall–Kier alpha value is -4.54. The van der Waals surface area contributed by atoms with Gasteiger partial charge in [-0.2, -0.15) is 5.10 Å². The molecule has 212 valence electrons. The first-order valence-corrected chi connectivity index (χ1v) is 12.9. The van der Waals surface area contributed by atoms with Crippen molar-refractivity contribution in [2.45, 2.75) is 45.7 Å². The molecule has 0 saturated heterocycles. The van der Waals surface area contributed by atoms with E-state index in [9.17, 15) is 14.4 Å². The quantitative estimate of drug-likeness (QED) is 0.390. The zero-order chi connectivity index (χ0) is 29.1. The molecule has 3 aromatic rings. The maximum absolute atomic E-state index is 13.5. The predicted molar refractivity (Wildman–Crippen MR) is 152 cm³/mol. The first kappa shape index (κ1) is 28.5. The van der Waals surface area contributed by atoms with Gasteiger partial charge in [-0.15, -0.1) is 0 Å². The summed E-state index contributed by atoms with van der Waals surface area (Å²) in [5, 5.41) is 13.0. The number of aryl methyl sites for hydroxylation is 3. The van der Waals surface area contributed by atoms with Crippen molar-refractivity contribution < 1.29 is 23.8 Å². The number of ether oxygens (including phenoxy) is 3. The van der Waals surface area contributed by atoms with Gasteiger partial charge < -0.3 is 30.2 Å².